The zero-order valence-corrected chi connectivity index (χ0v) is 9.73. The smallest absolute Gasteiger partial charge is 0.00668 e. The van der Waals surface area contributed by atoms with Crippen LogP contribution in [0.5, 0.6) is 0 Å². The van der Waals surface area contributed by atoms with Crippen molar-refractivity contribution in [2.75, 3.05) is 6.54 Å². The lowest BCUT2D eigenvalue weighted by molar-refractivity contribution is 0.437. The molecule has 0 fully saturated rings. The number of nitrogens with one attached hydrogen (secondary N) is 1. The maximum Gasteiger partial charge on any atom is 0.00668 e. The van der Waals surface area contributed by atoms with Crippen LogP contribution in [0.15, 0.2) is 0 Å². The van der Waals surface area contributed by atoms with Crippen molar-refractivity contribution in [3.8, 4) is 0 Å². The van der Waals surface area contributed by atoms with Crippen molar-refractivity contribution in [1.82, 2.24) is 5.32 Å². The third kappa shape index (κ3) is 8.29. The van der Waals surface area contributed by atoms with E-state index in [-0.39, 0.29) is 0 Å². The Morgan fingerprint density at radius 1 is 0.846 bits per heavy atom. The van der Waals surface area contributed by atoms with E-state index in [1.54, 1.807) is 0 Å². The summed E-state index contributed by atoms with van der Waals surface area (Å²) in [4.78, 5) is 0. The van der Waals surface area contributed by atoms with Crippen molar-refractivity contribution in [2.24, 2.45) is 0 Å². The molecule has 1 nitrogen and oxygen atoms in total. The first-order valence-corrected chi connectivity index (χ1v) is 6.08. The zero-order chi connectivity index (χ0) is 9.94. The van der Waals surface area contributed by atoms with Crippen molar-refractivity contribution in [2.45, 2.75) is 71.8 Å². The van der Waals surface area contributed by atoms with Crippen LogP contribution >= 0.6 is 0 Å². The first-order valence-electron chi connectivity index (χ1n) is 6.08. The van der Waals surface area contributed by atoms with Gasteiger partial charge in [0, 0.05) is 6.04 Å². The Morgan fingerprint density at radius 3 is 2.15 bits per heavy atom. The third-order valence-corrected chi connectivity index (χ3v) is 2.54. The largest absolute Gasteiger partial charge is 0.314 e. The molecule has 1 atom stereocenters. The van der Waals surface area contributed by atoms with Crippen molar-refractivity contribution < 1.29 is 0 Å². The number of hydrogen-bond acceptors (Lipinski definition) is 1. The van der Waals surface area contributed by atoms with Crippen LogP contribution in [0, 0.1) is 0 Å². The zero-order valence-electron chi connectivity index (χ0n) is 9.73. The van der Waals surface area contributed by atoms with Crippen molar-refractivity contribution >= 4 is 0 Å². The standard InChI is InChI=1S/C12H27N/c1-4-7-8-9-11-12(10-5-2)13-6-3/h12-13H,4-11H2,1-3H3. The van der Waals surface area contributed by atoms with Gasteiger partial charge in [-0.05, 0) is 19.4 Å². The van der Waals surface area contributed by atoms with Gasteiger partial charge in [-0.25, -0.2) is 0 Å². The second-order valence-corrected chi connectivity index (χ2v) is 3.89. The van der Waals surface area contributed by atoms with Gasteiger partial charge in [-0.3, -0.25) is 0 Å². The van der Waals surface area contributed by atoms with E-state index in [1.165, 1.54) is 44.9 Å². The van der Waals surface area contributed by atoms with Crippen LogP contribution in [-0.4, -0.2) is 12.6 Å². The minimum Gasteiger partial charge on any atom is -0.314 e. The predicted octanol–water partition coefficient (Wildman–Crippen LogP) is 3.74. The Labute approximate surface area is 84.3 Å². The van der Waals surface area contributed by atoms with E-state index in [4.69, 9.17) is 0 Å². The lowest BCUT2D eigenvalue weighted by Gasteiger charge is -2.16. The quantitative estimate of drug-likeness (QED) is 0.540. The molecule has 0 saturated heterocycles. The van der Waals surface area contributed by atoms with Crippen molar-refractivity contribution in [1.29, 1.82) is 0 Å². The summed E-state index contributed by atoms with van der Waals surface area (Å²) in [6, 6.07) is 0.784. The van der Waals surface area contributed by atoms with E-state index in [2.05, 4.69) is 26.1 Å². The molecule has 0 saturated carbocycles. The summed E-state index contributed by atoms with van der Waals surface area (Å²) < 4.78 is 0. The molecule has 0 bridgehead atoms. The molecule has 1 N–H and O–H groups in total. The predicted molar refractivity (Wildman–Crippen MR) is 61.1 cm³/mol. The molecule has 0 radical (unpaired) electrons. The van der Waals surface area contributed by atoms with Gasteiger partial charge < -0.3 is 5.32 Å². The Kier molecular flexibility index (Phi) is 10.0. The Hall–Kier alpha value is -0.0400. The monoisotopic (exact) mass is 185 g/mol. The Bertz CT molecular complexity index is 85.1. The molecule has 0 aromatic heterocycles. The van der Waals surface area contributed by atoms with Gasteiger partial charge in [-0.1, -0.05) is 52.9 Å². The molecule has 0 amide bonds. The van der Waals surface area contributed by atoms with Crippen LogP contribution in [0.2, 0.25) is 0 Å². The Morgan fingerprint density at radius 2 is 1.62 bits per heavy atom. The first-order chi connectivity index (χ1) is 6.35. The average Bonchev–Trinajstić information content (AvgIpc) is 2.13. The highest BCUT2D eigenvalue weighted by Gasteiger charge is 2.04. The van der Waals surface area contributed by atoms with Gasteiger partial charge in [0.25, 0.3) is 0 Å². The van der Waals surface area contributed by atoms with E-state index in [1.807, 2.05) is 0 Å². The summed E-state index contributed by atoms with van der Waals surface area (Å²) in [6.07, 6.45) is 9.62. The first kappa shape index (κ1) is 13.0. The summed E-state index contributed by atoms with van der Waals surface area (Å²) in [5, 5.41) is 3.56. The van der Waals surface area contributed by atoms with E-state index in [9.17, 15) is 0 Å². The maximum absolute atomic E-state index is 3.56. The fourth-order valence-electron chi connectivity index (χ4n) is 1.80. The SMILES string of the molecule is CCCCCCC(CCC)NCC. The Balaban J connectivity index is 3.33. The van der Waals surface area contributed by atoms with E-state index >= 15 is 0 Å². The highest BCUT2D eigenvalue weighted by Crippen LogP contribution is 2.09. The van der Waals surface area contributed by atoms with Crippen molar-refractivity contribution in [3.63, 3.8) is 0 Å². The summed E-state index contributed by atoms with van der Waals surface area (Å²) in [6.45, 7) is 7.87. The molecular weight excluding hydrogens is 158 g/mol. The molecule has 0 aliphatic heterocycles. The van der Waals surface area contributed by atoms with E-state index in [0.29, 0.717) is 0 Å². The highest BCUT2D eigenvalue weighted by molar-refractivity contribution is 4.64. The fraction of sp³-hybridized carbons (Fsp3) is 1.00. The number of unbranched alkanes of at least 4 members (excludes halogenated alkanes) is 3. The molecule has 0 aromatic carbocycles. The van der Waals surface area contributed by atoms with Gasteiger partial charge in [0.15, 0.2) is 0 Å². The molecule has 0 heterocycles. The lowest BCUT2D eigenvalue weighted by atomic mass is 10.0. The maximum atomic E-state index is 3.56. The second kappa shape index (κ2) is 10.0. The van der Waals surface area contributed by atoms with E-state index in [0.717, 1.165) is 12.6 Å². The molecule has 0 spiro atoms. The summed E-state index contributed by atoms with van der Waals surface area (Å²) in [5.74, 6) is 0. The van der Waals surface area contributed by atoms with Crippen LogP contribution in [0.4, 0.5) is 0 Å². The molecule has 1 unspecified atom stereocenters. The molecule has 13 heavy (non-hydrogen) atoms. The van der Waals surface area contributed by atoms with Gasteiger partial charge in [0.05, 0.1) is 0 Å². The van der Waals surface area contributed by atoms with Crippen LogP contribution in [0.1, 0.15) is 65.7 Å². The molecule has 80 valence electrons. The summed E-state index contributed by atoms with van der Waals surface area (Å²) in [7, 11) is 0. The van der Waals surface area contributed by atoms with Gasteiger partial charge in [-0.15, -0.1) is 0 Å². The lowest BCUT2D eigenvalue weighted by Crippen LogP contribution is -2.28. The van der Waals surface area contributed by atoms with Crippen LogP contribution < -0.4 is 5.32 Å². The second-order valence-electron chi connectivity index (χ2n) is 3.89. The van der Waals surface area contributed by atoms with Gasteiger partial charge >= 0.3 is 0 Å². The van der Waals surface area contributed by atoms with Gasteiger partial charge in [0.1, 0.15) is 0 Å². The molecule has 0 aliphatic carbocycles. The molecular formula is C12H27N. The third-order valence-electron chi connectivity index (χ3n) is 2.54. The highest BCUT2D eigenvalue weighted by atomic mass is 14.9. The van der Waals surface area contributed by atoms with Gasteiger partial charge in [0.2, 0.25) is 0 Å². The molecule has 1 heteroatoms. The molecule has 0 aliphatic rings. The van der Waals surface area contributed by atoms with Crippen molar-refractivity contribution in [3.05, 3.63) is 0 Å². The molecule has 0 aromatic rings. The topological polar surface area (TPSA) is 12.0 Å². The minimum absolute atomic E-state index is 0.784. The van der Waals surface area contributed by atoms with Crippen LogP contribution in [-0.2, 0) is 0 Å². The summed E-state index contributed by atoms with van der Waals surface area (Å²) >= 11 is 0. The normalized spacial score (nSPS) is 13.2. The van der Waals surface area contributed by atoms with Gasteiger partial charge in [-0.2, -0.15) is 0 Å². The minimum atomic E-state index is 0.784. The number of rotatable bonds is 9. The molecule has 0 rings (SSSR count). The van der Waals surface area contributed by atoms with E-state index < -0.39 is 0 Å². The van der Waals surface area contributed by atoms with Crippen LogP contribution in [0.3, 0.4) is 0 Å². The van der Waals surface area contributed by atoms with Crippen LogP contribution in [0.25, 0.3) is 0 Å². The fourth-order valence-corrected chi connectivity index (χ4v) is 1.80. The average molecular weight is 185 g/mol. The number of hydrogen-bond donors (Lipinski definition) is 1. The summed E-state index contributed by atoms with van der Waals surface area (Å²) in [5.41, 5.74) is 0.